The summed E-state index contributed by atoms with van der Waals surface area (Å²) in [5, 5.41) is 4.42. The van der Waals surface area contributed by atoms with E-state index in [0.717, 1.165) is 24.4 Å². The molecule has 2 unspecified atom stereocenters. The average Bonchev–Trinajstić information content (AvgIpc) is 2.81. The van der Waals surface area contributed by atoms with E-state index in [-0.39, 0.29) is 12.4 Å². The molecule has 0 aliphatic carbocycles. The van der Waals surface area contributed by atoms with Gasteiger partial charge in [-0.15, -0.1) is 12.4 Å². The molecule has 22 heavy (non-hydrogen) atoms. The molecule has 2 fully saturated rings. The van der Waals surface area contributed by atoms with Crippen molar-refractivity contribution in [1.29, 1.82) is 0 Å². The van der Waals surface area contributed by atoms with Gasteiger partial charge in [-0.3, -0.25) is 4.90 Å². The van der Waals surface area contributed by atoms with Gasteiger partial charge in [-0.1, -0.05) is 23.7 Å². The van der Waals surface area contributed by atoms with Gasteiger partial charge in [-0.2, -0.15) is 0 Å². The van der Waals surface area contributed by atoms with Gasteiger partial charge < -0.3 is 10.1 Å². The average molecular weight is 345 g/mol. The summed E-state index contributed by atoms with van der Waals surface area (Å²) in [6, 6.07) is 8.16. The van der Waals surface area contributed by atoms with Gasteiger partial charge in [0.05, 0.1) is 11.6 Å². The van der Waals surface area contributed by atoms with Crippen LogP contribution in [0.4, 0.5) is 0 Å². The Hall–Kier alpha value is -0.480. The zero-order valence-electron chi connectivity index (χ0n) is 13.3. The second kappa shape index (κ2) is 7.87. The zero-order valence-corrected chi connectivity index (χ0v) is 14.9. The first kappa shape index (κ1) is 17.9. The van der Waals surface area contributed by atoms with Crippen LogP contribution < -0.4 is 10.1 Å². The number of benzene rings is 1. The van der Waals surface area contributed by atoms with Crippen molar-refractivity contribution in [3.05, 3.63) is 28.8 Å². The number of para-hydroxylation sites is 1. The molecule has 2 aliphatic heterocycles. The molecule has 0 saturated carbocycles. The minimum absolute atomic E-state index is 0. The van der Waals surface area contributed by atoms with Crippen LogP contribution in [-0.4, -0.2) is 36.7 Å². The maximum atomic E-state index is 6.28. The van der Waals surface area contributed by atoms with E-state index in [0.29, 0.717) is 17.7 Å². The molecule has 1 N–H and O–H groups in total. The molecule has 2 saturated heterocycles. The van der Waals surface area contributed by atoms with Crippen LogP contribution in [0.3, 0.4) is 0 Å². The molecule has 2 atom stereocenters. The Kier molecular flexibility index (Phi) is 6.39. The number of hydrogen-bond donors (Lipinski definition) is 1. The lowest BCUT2D eigenvalue weighted by molar-refractivity contribution is 0.164. The Balaban J connectivity index is 0.00000176. The predicted molar refractivity (Wildman–Crippen MR) is 94.3 cm³/mol. The molecule has 1 aromatic carbocycles. The number of fused-ring (bicyclic) bond motifs is 2. The van der Waals surface area contributed by atoms with Gasteiger partial charge in [0.25, 0.3) is 0 Å². The second-order valence-corrected chi connectivity index (χ2v) is 6.75. The molecule has 0 spiro atoms. The number of nitrogens with zero attached hydrogens (tertiary/aromatic N) is 1. The van der Waals surface area contributed by atoms with Crippen molar-refractivity contribution < 1.29 is 4.74 Å². The lowest BCUT2D eigenvalue weighted by Crippen LogP contribution is -2.46. The summed E-state index contributed by atoms with van der Waals surface area (Å²) in [6.45, 7) is 3.55. The van der Waals surface area contributed by atoms with Gasteiger partial charge in [0.1, 0.15) is 5.75 Å². The van der Waals surface area contributed by atoms with E-state index in [1.54, 1.807) is 0 Å². The van der Waals surface area contributed by atoms with E-state index in [9.17, 15) is 0 Å². The Bertz CT molecular complexity index is 486. The Morgan fingerprint density at radius 3 is 2.59 bits per heavy atom. The molecule has 2 heterocycles. The topological polar surface area (TPSA) is 24.5 Å². The maximum absolute atomic E-state index is 6.28. The summed E-state index contributed by atoms with van der Waals surface area (Å²) in [4.78, 5) is 2.47. The fraction of sp³-hybridized carbons (Fsp3) is 0.647. The van der Waals surface area contributed by atoms with Crippen molar-refractivity contribution in [1.82, 2.24) is 10.2 Å². The Morgan fingerprint density at radius 2 is 1.95 bits per heavy atom. The maximum Gasteiger partial charge on any atom is 0.142 e. The normalized spacial score (nSPS) is 26.8. The molecule has 124 valence electrons. The summed E-state index contributed by atoms with van der Waals surface area (Å²) >= 11 is 6.28. The van der Waals surface area contributed by atoms with E-state index in [2.05, 4.69) is 23.3 Å². The molecule has 3 nitrogen and oxygen atoms in total. The monoisotopic (exact) mass is 344 g/mol. The van der Waals surface area contributed by atoms with Crippen LogP contribution in [0, 0.1) is 0 Å². The fourth-order valence-electron chi connectivity index (χ4n) is 3.77. The van der Waals surface area contributed by atoms with Crippen molar-refractivity contribution in [2.45, 2.75) is 57.3 Å². The third-order valence-electron chi connectivity index (χ3n) is 4.83. The summed E-state index contributed by atoms with van der Waals surface area (Å²) in [5.74, 6) is 0.852. The van der Waals surface area contributed by atoms with Crippen molar-refractivity contribution >= 4 is 24.0 Å². The Morgan fingerprint density at radius 1 is 1.27 bits per heavy atom. The van der Waals surface area contributed by atoms with Crippen LogP contribution >= 0.6 is 24.0 Å². The van der Waals surface area contributed by atoms with E-state index in [1.165, 1.54) is 31.2 Å². The number of nitrogens with one attached hydrogen (secondary N) is 1. The highest BCUT2D eigenvalue weighted by Gasteiger charge is 2.35. The number of ether oxygens (including phenoxy) is 1. The molecule has 5 heteroatoms. The lowest BCUT2D eigenvalue weighted by Gasteiger charge is -2.35. The van der Waals surface area contributed by atoms with E-state index in [4.69, 9.17) is 16.3 Å². The molecule has 0 amide bonds. The quantitative estimate of drug-likeness (QED) is 0.877. The number of halogens is 2. The van der Waals surface area contributed by atoms with Crippen molar-refractivity contribution in [2.75, 3.05) is 13.7 Å². The standard InChI is InChI=1S/C17H25ClN2O.ClH/c1-3-21-17-12(5-4-6-16(17)18)11-20(2)15-9-13-7-8-14(10-15)19-13;/h4-6,13-15,19H,3,7-11H2,1-2H3;1H. The highest BCUT2D eigenvalue weighted by molar-refractivity contribution is 6.32. The Labute approximate surface area is 144 Å². The summed E-state index contributed by atoms with van der Waals surface area (Å²) in [5.41, 5.74) is 1.19. The van der Waals surface area contributed by atoms with Crippen LogP contribution in [0.1, 0.15) is 38.2 Å². The van der Waals surface area contributed by atoms with Crippen LogP contribution in [-0.2, 0) is 6.54 Å². The second-order valence-electron chi connectivity index (χ2n) is 6.34. The fourth-order valence-corrected chi connectivity index (χ4v) is 4.02. The molecule has 1 aromatic rings. The SMILES string of the molecule is CCOc1c(Cl)cccc1CN(C)C1CC2CCC(C1)N2.Cl. The van der Waals surface area contributed by atoms with Gasteiger partial charge in [0.2, 0.25) is 0 Å². The number of hydrogen-bond acceptors (Lipinski definition) is 3. The lowest BCUT2D eigenvalue weighted by atomic mass is 9.98. The molecule has 0 radical (unpaired) electrons. The van der Waals surface area contributed by atoms with Gasteiger partial charge in [-0.05, 0) is 45.7 Å². The summed E-state index contributed by atoms with van der Waals surface area (Å²) < 4.78 is 5.74. The molecule has 3 rings (SSSR count). The molecule has 2 bridgehead atoms. The van der Waals surface area contributed by atoms with E-state index >= 15 is 0 Å². The van der Waals surface area contributed by atoms with E-state index < -0.39 is 0 Å². The minimum Gasteiger partial charge on any atom is -0.492 e. The summed E-state index contributed by atoms with van der Waals surface area (Å²) in [7, 11) is 2.23. The smallest absolute Gasteiger partial charge is 0.142 e. The van der Waals surface area contributed by atoms with Gasteiger partial charge in [0.15, 0.2) is 0 Å². The van der Waals surface area contributed by atoms with Crippen LogP contribution in [0.5, 0.6) is 5.75 Å². The van der Waals surface area contributed by atoms with Gasteiger partial charge in [-0.25, -0.2) is 0 Å². The van der Waals surface area contributed by atoms with Crippen LogP contribution in [0.2, 0.25) is 5.02 Å². The molecular weight excluding hydrogens is 319 g/mol. The molecule has 0 aromatic heterocycles. The third kappa shape index (κ3) is 3.88. The van der Waals surface area contributed by atoms with Crippen molar-refractivity contribution in [3.8, 4) is 5.75 Å². The molecular formula is C17H26Cl2N2O. The van der Waals surface area contributed by atoms with Crippen LogP contribution in [0.15, 0.2) is 18.2 Å². The minimum atomic E-state index is 0. The summed E-state index contributed by atoms with van der Waals surface area (Å²) in [6.07, 6.45) is 5.21. The first-order chi connectivity index (χ1) is 10.2. The van der Waals surface area contributed by atoms with Crippen LogP contribution in [0.25, 0.3) is 0 Å². The first-order valence-electron chi connectivity index (χ1n) is 8.03. The van der Waals surface area contributed by atoms with Crippen molar-refractivity contribution in [3.63, 3.8) is 0 Å². The largest absolute Gasteiger partial charge is 0.492 e. The zero-order chi connectivity index (χ0) is 14.8. The highest BCUT2D eigenvalue weighted by Crippen LogP contribution is 2.33. The third-order valence-corrected chi connectivity index (χ3v) is 5.13. The van der Waals surface area contributed by atoms with Gasteiger partial charge >= 0.3 is 0 Å². The predicted octanol–water partition coefficient (Wildman–Crippen LogP) is 3.88. The van der Waals surface area contributed by atoms with E-state index in [1.807, 2.05) is 19.1 Å². The number of piperidine rings is 1. The first-order valence-corrected chi connectivity index (χ1v) is 8.41. The number of rotatable bonds is 5. The van der Waals surface area contributed by atoms with Crippen molar-refractivity contribution in [2.24, 2.45) is 0 Å². The highest BCUT2D eigenvalue weighted by atomic mass is 35.5. The molecule has 2 aliphatic rings. The van der Waals surface area contributed by atoms with Gasteiger partial charge in [0, 0.05) is 30.2 Å².